The lowest BCUT2D eigenvalue weighted by Gasteiger charge is -2.19. The number of nitrogens with zero attached hydrogens (tertiary/aromatic N) is 2. The van der Waals surface area contributed by atoms with Gasteiger partial charge in [0.05, 0.1) is 16.5 Å². The molecule has 0 saturated carbocycles. The largest absolute Gasteiger partial charge is 0.391 e. The molecule has 1 aromatic rings. The van der Waals surface area contributed by atoms with E-state index in [1.54, 1.807) is 17.5 Å². The van der Waals surface area contributed by atoms with Crippen LogP contribution in [-0.2, 0) is 6.61 Å². The third kappa shape index (κ3) is 2.38. The molecule has 1 fully saturated rings. The second-order valence-corrected chi connectivity index (χ2v) is 5.54. The zero-order valence-corrected chi connectivity index (χ0v) is 10.1. The smallest absolute Gasteiger partial charge is 0.0972 e. The standard InChI is InChI=1S/C11H18N2OS/c1-8(2)13-4-3-9(6-13)11-12-5-10(7-14)15-11/h5,8-9,14H,3-4,6-7H2,1-2H3. The maximum Gasteiger partial charge on any atom is 0.0972 e. The fourth-order valence-electron chi connectivity index (χ4n) is 2.04. The van der Waals surface area contributed by atoms with Crippen LogP contribution in [0.15, 0.2) is 6.20 Å². The van der Waals surface area contributed by atoms with Gasteiger partial charge in [-0.25, -0.2) is 4.98 Å². The highest BCUT2D eigenvalue weighted by Gasteiger charge is 2.27. The molecule has 2 rings (SSSR count). The van der Waals surface area contributed by atoms with Crippen molar-refractivity contribution in [1.82, 2.24) is 9.88 Å². The monoisotopic (exact) mass is 226 g/mol. The normalized spacial score (nSPS) is 22.8. The molecule has 0 bridgehead atoms. The first-order valence-corrected chi connectivity index (χ1v) is 6.32. The summed E-state index contributed by atoms with van der Waals surface area (Å²) in [4.78, 5) is 7.87. The van der Waals surface area contributed by atoms with Crippen molar-refractivity contribution < 1.29 is 5.11 Å². The number of thiazole rings is 1. The van der Waals surface area contributed by atoms with Gasteiger partial charge in [0.25, 0.3) is 0 Å². The Hall–Kier alpha value is -0.450. The minimum atomic E-state index is 0.123. The van der Waals surface area contributed by atoms with Crippen LogP contribution < -0.4 is 0 Å². The molecule has 0 aromatic carbocycles. The topological polar surface area (TPSA) is 36.4 Å². The molecule has 4 heteroatoms. The van der Waals surface area contributed by atoms with E-state index in [0.717, 1.165) is 11.4 Å². The maximum absolute atomic E-state index is 8.99. The van der Waals surface area contributed by atoms with E-state index < -0.39 is 0 Å². The Bertz CT molecular complexity index is 324. The average molecular weight is 226 g/mol. The van der Waals surface area contributed by atoms with Gasteiger partial charge in [0.1, 0.15) is 0 Å². The molecule has 84 valence electrons. The number of aromatic nitrogens is 1. The predicted molar refractivity (Wildman–Crippen MR) is 62.1 cm³/mol. The molecule has 0 amide bonds. The number of aliphatic hydroxyl groups is 1. The Balaban J connectivity index is 2.01. The number of hydrogen-bond donors (Lipinski definition) is 1. The van der Waals surface area contributed by atoms with Gasteiger partial charge >= 0.3 is 0 Å². The third-order valence-electron chi connectivity index (χ3n) is 3.03. The second-order valence-electron chi connectivity index (χ2n) is 4.40. The highest BCUT2D eigenvalue weighted by Crippen LogP contribution is 2.30. The average Bonchev–Trinajstić information content (AvgIpc) is 2.86. The molecule has 3 nitrogen and oxygen atoms in total. The molecule has 0 radical (unpaired) electrons. The quantitative estimate of drug-likeness (QED) is 0.854. The molecule has 0 spiro atoms. The summed E-state index contributed by atoms with van der Waals surface area (Å²) in [5.74, 6) is 0.581. The molecular formula is C11H18N2OS. The van der Waals surface area contributed by atoms with Crippen LogP contribution in [0.25, 0.3) is 0 Å². The van der Waals surface area contributed by atoms with Crippen LogP contribution in [-0.4, -0.2) is 34.1 Å². The summed E-state index contributed by atoms with van der Waals surface area (Å²) in [6, 6.07) is 0.632. The molecule has 2 heterocycles. The van der Waals surface area contributed by atoms with Crippen LogP contribution in [0.5, 0.6) is 0 Å². The predicted octanol–water partition coefficient (Wildman–Crippen LogP) is 1.83. The van der Waals surface area contributed by atoms with Gasteiger partial charge in [-0.2, -0.15) is 0 Å². The summed E-state index contributed by atoms with van der Waals surface area (Å²) in [5.41, 5.74) is 0. The van der Waals surface area contributed by atoms with Gasteiger partial charge in [-0.05, 0) is 26.8 Å². The zero-order chi connectivity index (χ0) is 10.8. The molecule has 1 saturated heterocycles. The van der Waals surface area contributed by atoms with Gasteiger partial charge in [0, 0.05) is 24.7 Å². The highest BCUT2D eigenvalue weighted by atomic mass is 32.1. The van der Waals surface area contributed by atoms with Gasteiger partial charge < -0.3 is 10.0 Å². The lowest BCUT2D eigenvalue weighted by molar-refractivity contribution is 0.272. The molecule has 0 aliphatic carbocycles. The number of aliphatic hydroxyl groups excluding tert-OH is 1. The Kier molecular flexibility index (Phi) is 3.38. The lowest BCUT2D eigenvalue weighted by Crippen LogP contribution is -2.27. The van der Waals surface area contributed by atoms with Crippen molar-refractivity contribution in [2.75, 3.05) is 13.1 Å². The lowest BCUT2D eigenvalue weighted by atomic mass is 10.1. The van der Waals surface area contributed by atoms with Crippen molar-refractivity contribution in [2.45, 2.75) is 38.8 Å². The van der Waals surface area contributed by atoms with E-state index >= 15 is 0 Å². The van der Waals surface area contributed by atoms with Crippen LogP contribution in [0.4, 0.5) is 0 Å². The Labute approximate surface area is 94.8 Å². The van der Waals surface area contributed by atoms with Crippen LogP contribution in [0.1, 0.15) is 36.1 Å². The first-order chi connectivity index (χ1) is 7.20. The number of hydrogen-bond acceptors (Lipinski definition) is 4. The summed E-state index contributed by atoms with van der Waals surface area (Å²) in [6.45, 7) is 6.90. The van der Waals surface area contributed by atoms with Crippen molar-refractivity contribution >= 4 is 11.3 Å². The van der Waals surface area contributed by atoms with Crippen molar-refractivity contribution in [2.24, 2.45) is 0 Å². The molecule has 1 aliphatic heterocycles. The molecule has 1 aromatic heterocycles. The summed E-state index contributed by atoms with van der Waals surface area (Å²) < 4.78 is 0. The fraction of sp³-hybridized carbons (Fsp3) is 0.727. The van der Waals surface area contributed by atoms with Gasteiger partial charge in [-0.3, -0.25) is 0 Å². The molecule has 1 atom stereocenters. The van der Waals surface area contributed by atoms with Crippen LogP contribution in [0.3, 0.4) is 0 Å². The van der Waals surface area contributed by atoms with Crippen molar-refractivity contribution in [1.29, 1.82) is 0 Å². The second kappa shape index (κ2) is 4.60. The minimum absolute atomic E-state index is 0.123. The van der Waals surface area contributed by atoms with E-state index in [9.17, 15) is 0 Å². The van der Waals surface area contributed by atoms with Gasteiger partial charge in [0.2, 0.25) is 0 Å². The van der Waals surface area contributed by atoms with E-state index in [4.69, 9.17) is 5.11 Å². The Morgan fingerprint density at radius 2 is 2.47 bits per heavy atom. The number of likely N-dealkylation sites (tertiary alicyclic amines) is 1. The zero-order valence-electron chi connectivity index (χ0n) is 9.31. The van der Waals surface area contributed by atoms with E-state index in [-0.39, 0.29) is 6.61 Å². The van der Waals surface area contributed by atoms with Gasteiger partial charge in [0.15, 0.2) is 0 Å². The van der Waals surface area contributed by atoms with Crippen LogP contribution in [0, 0.1) is 0 Å². The molecule has 1 N–H and O–H groups in total. The summed E-state index contributed by atoms with van der Waals surface area (Å²) >= 11 is 1.66. The van der Waals surface area contributed by atoms with Crippen molar-refractivity contribution in [3.8, 4) is 0 Å². The first-order valence-electron chi connectivity index (χ1n) is 5.50. The molecule has 1 unspecified atom stereocenters. The highest BCUT2D eigenvalue weighted by molar-refractivity contribution is 7.11. The van der Waals surface area contributed by atoms with E-state index in [2.05, 4.69) is 23.7 Å². The summed E-state index contributed by atoms with van der Waals surface area (Å²) in [5, 5.41) is 10.2. The molecule has 1 aliphatic rings. The van der Waals surface area contributed by atoms with E-state index in [1.807, 2.05) is 0 Å². The van der Waals surface area contributed by atoms with Crippen LogP contribution >= 0.6 is 11.3 Å². The minimum Gasteiger partial charge on any atom is -0.391 e. The maximum atomic E-state index is 8.99. The summed E-state index contributed by atoms with van der Waals surface area (Å²) in [6.07, 6.45) is 3.01. The van der Waals surface area contributed by atoms with Gasteiger partial charge in [-0.15, -0.1) is 11.3 Å². The first kappa shape index (κ1) is 11.0. The summed E-state index contributed by atoms with van der Waals surface area (Å²) in [7, 11) is 0. The van der Waals surface area contributed by atoms with Gasteiger partial charge in [-0.1, -0.05) is 0 Å². The van der Waals surface area contributed by atoms with Crippen LogP contribution in [0.2, 0.25) is 0 Å². The molecular weight excluding hydrogens is 208 g/mol. The number of rotatable bonds is 3. The Morgan fingerprint density at radius 3 is 3.00 bits per heavy atom. The molecule has 15 heavy (non-hydrogen) atoms. The van der Waals surface area contributed by atoms with Crippen molar-refractivity contribution in [3.05, 3.63) is 16.1 Å². The third-order valence-corrected chi connectivity index (χ3v) is 4.17. The van der Waals surface area contributed by atoms with E-state index in [1.165, 1.54) is 18.0 Å². The SMILES string of the molecule is CC(C)N1CCC(c2ncc(CO)s2)C1. The Morgan fingerprint density at radius 1 is 1.67 bits per heavy atom. The van der Waals surface area contributed by atoms with E-state index in [0.29, 0.717) is 12.0 Å². The van der Waals surface area contributed by atoms with Crippen molar-refractivity contribution in [3.63, 3.8) is 0 Å². The fourth-order valence-corrected chi connectivity index (χ4v) is 2.95.